The average molecular weight is 324 g/mol. The number of allylic oxidation sites excluding steroid dienone is 2. The summed E-state index contributed by atoms with van der Waals surface area (Å²) in [4.78, 5) is 19.1. The lowest BCUT2D eigenvalue weighted by Crippen LogP contribution is -2.49. The molecule has 5 nitrogen and oxygen atoms in total. The molecule has 1 saturated heterocycles. The Morgan fingerprint density at radius 2 is 2.25 bits per heavy atom. The van der Waals surface area contributed by atoms with Crippen LogP contribution >= 0.6 is 0 Å². The smallest absolute Gasteiger partial charge is 0.317 e. The lowest BCUT2D eigenvalue weighted by Gasteiger charge is -2.43. The SMILES string of the molecule is O=C(NCc1cn2ccccc2n1)N1CCC[C@@]2(CC=CCC2)C1. The maximum atomic E-state index is 12.6. The summed E-state index contributed by atoms with van der Waals surface area (Å²) in [6.45, 7) is 2.22. The molecule has 0 saturated carbocycles. The number of aromatic nitrogens is 2. The summed E-state index contributed by atoms with van der Waals surface area (Å²) in [6, 6.07) is 5.95. The van der Waals surface area contributed by atoms with Crippen molar-refractivity contribution >= 4 is 11.7 Å². The third-order valence-corrected chi connectivity index (χ3v) is 5.34. The van der Waals surface area contributed by atoms with Crippen molar-refractivity contribution in [3.8, 4) is 0 Å². The molecule has 2 aliphatic rings. The van der Waals surface area contributed by atoms with Crippen molar-refractivity contribution in [1.29, 1.82) is 0 Å². The number of rotatable bonds is 2. The number of urea groups is 1. The highest BCUT2D eigenvalue weighted by atomic mass is 16.2. The first-order valence-electron chi connectivity index (χ1n) is 8.85. The molecule has 2 amide bonds. The van der Waals surface area contributed by atoms with Crippen molar-refractivity contribution in [1.82, 2.24) is 19.6 Å². The second kappa shape index (κ2) is 6.30. The van der Waals surface area contributed by atoms with E-state index in [2.05, 4.69) is 22.5 Å². The molecule has 1 aliphatic heterocycles. The first kappa shape index (κ1) is 15.2. The minimum absolute atomic E-state index is 0.0423. The number of carbonyl (C=O) groups is 1. The van der Waals surface area contributed by atoms with E-state index in [9.17, 15) is 4.79 Å². The molecule has 4 rings (SSSR count). The lowest BCUT2D eigenvalue weighted by molar-refractivity contribution is 0.0958. The van der Waals surface area contributed by atoms with Gasteiger partial charge >= 0.3 is 6.03 Å². The van der Waals surface area contributed by atoms with Crippen molar-refractivity contribution in [3.05, 3.63) is 48.4 Å². The van der Waals surface area contributed by atoms with Crippen LogP contribution in [-0.4, -0.2) is 33.4 Å². The summed E-state index contributed by atoms with van der Waals surface area (Å²) < 4.78 is 1.98. The van der Waals surface area contributed by atoms with Crippen LogP contribution in [0, 0.1) is 5.41 Å². The molecule has 0 radical (unpaired) electrons. The zero-order valence-corrected chi connectivity index (χ0v) is 13.9. The maximum Gasteiger partial charge on any atom is 0.317 e. The Bertz CT molecular complexity index is 733. The number of hydrogen-bond acceptors (Lipinski definition) is 2. The van der Waals surface area contributed by atoms with Crippen molar-refractivity contribution in [3.63, 3.8) is 0 Å². The number of nitrogens with zero attached hydrogens (tertiary/aromatic N) is 3. The van der Waals surface area contributed by atoms with Gasteiger partial charge in [0, 0.05) is 25.5 Å². The van der Waals surface area contributed by atoms with Crippen LogP contribution in [0.2, 0.25) is 0 Å². The number of pyridine rings is 1. The molecule has 0 unspecified atom stereocenters. The topological polar surface area (TPSA) is 49.6 Å². The molecule has 1 fully saturated rings. The fourth-order valence-corrected chi connectivity index (χ4v) is 4.05. The largest absolute Gasteiger partial charge is 0.332 e. The van der Waals surface area contributed by atoms with Gasteiger partial charge in [0.15, 0.2) is 0 Å². The molecular weight excluding hydrogens is 300 g/mol. The van der Waals surface area contributed by atoms with Gasteiger partial charge in [0.1, 0.15) is 5.65 Å². The van der Waals surface area contributed by atoms with Gasteiger partial charge in [-0.25, -0.2) is 9.78 Å². The molecule has 1 atom stereocenters. The van der Waals surface area contributed by atoms with E-state index in [1.165, 1.54) is 12.8 Å². The van der Waals surface area contributed by atoms with Gasteiger partial charge in [-0.3, -0.25) is 0 Å². The van der Waals surface area contributed by atoms with Gasteiger partial charge < -0.3 is 14.6 Å². The zero-order valence-electron chi connectivity index (χ0n) is 13.9. The monoisotopic (exact) mass is 324 g/mol. The minimum atomic E-state index is 0.0423. The van der Waals surface area contributed by atoms with E-state index in [-0.39, 0.29) is 6.03 Å². The third kappa shape index (κ3) is 3.03. The standard InChI is InChI=1S/C19H24N4O/c24-18(20-13-16-14-22-11-5-2-7-17(22)21-16)23-12-6-10-19(15-23)8-3-1-4-9-19/h1-3,5,7,11,14H,4,6,8-10,12-13,15H2,(H,20,24)/t19-/m0/s1. The maximum absolute atomic E-state index is 12.6. The number of hydrogen-bond donors (Lipinski definition) is 1. The molecule has 1 spiro atoms. The fraction of sp³-hybridized carbons (Fsp3) is 0.474. The van der Waals surface area contributed by atoms with Crippen LogP contribution in [0.25, 0.3) is 5.65 Å². The highest BCUT2D eigenvalue weighted by molar-refractivity contribution is 5.74. The van der Waals surface area contributed by atoms with Gasteiger partial charge in [0.2, 0.25) is 0 Å². The third-order valence-electron chi connectivity index (χ3n) is 5.34. The van der Waals surface area contributed by atoms with Crippen LogP contribution in [0.3, 0.4) is 0 Å². The van der Waals surface area contributed by atoms with E-state index in [1.807, 2.05) is 39.9 Å². The van der Waals surface area contributed by atoms with E-state index in [4.69, 9.17) is 0 Å². The summed E-state index contributed by atoms with van der Waals surface area (Å²) in [7, 11) is 0. The first-order valence-corrected chi connectivity index (χ1v) is 8.85. The number of imidazole rings is 1. The molecule has 126 valence electrons. The van der Waals surface area contributed by atoms with Gasteiger partial charge in [-0.05, 0) is 49.7 Å². The quantitative estimate of drug-likeness (QED) is 0.861. The molecule has 1 N–H and O–H groups in total. The molecular formula is C19H24N4O. The predicted molar refractivity (Wildman–Crippen MR) is 93.7 cm³/mol. The minimum Gasteiger partial charge on any atom is -0.332 e. The van der Waals surface area contributed by atoms with Crippen LogP contribution < -0.4 is 5.32 Å². The summed E-state index contributed by atoms with van der Waals surface area (Å²) >= 11 is 0. The van der Waals surface area contributed by atoms with Gasteiger partial charge in [0.25, 0.3) is 0 Å². The number of carbonyl (C=O) groups excluding carboxylic acids is 1. The van der Waals surface area contributed by atoms with E-state index < -0.39 is 0 Å². The molecule has 1 aliphatic carbocycles. The molecule has 0 bridgehead atoms. The second-order valence-electron chi connectivity index (χ2n) is 7.10. The number of fused-ring (bicyclic) bond motifs is 1. The Hall–Kier alpha value is -2.30. The van der Waals surface area contributed by atoms with E-state index in [0.29, 0.717) is 12.0 Å². The van der Waals surface area contributed by atoms with E-state index in [1.54, 1.807) is 0 Å². The van der Waals surface area contributed by atoms with Crippen molar-refractivity contribution in [2.24, 2.45) is 5.41 Å². The van der Waals surface area contributed by atoms with E-state index in [0.717, 1.165) is 43.7 Å². The number of amides is 2. The van der Waals surface area contributed by atoms with Crippen molar-refractivity contribution in [2.45, 2.75) is 38.6 Å². The fourth-order valence-electron chi connectivity index (χ4n) is 4.05. The van der Waals surface area contributed by atoms with Crippen LogP contribution in [0.4, 0.5) is 4.79 Å². The van der Waals surface area contributed by atoms with Gasteiger partial charge in [-0.15, -0.1) is 0 Å². The molecule has 2 aromatic rings. The van der Waals surface area contributed by atoms with Crippen LogP contribution in [-0.2, 0) is 6.54 Å². The Morgan fingerprint density at radius 1 is 1.29 bits per heavy atom. The Labute approximate surface area is 142 Å². The normalized spacial score (nSPS) is 23.8. The molecule has 5 heteroatoms. The molecule has 3 heterocycles. The average Bonchev–Trinajstić information content (AvgIpc) is 3.03. The first-order chi connectivity index (χ1) is 11.7. The van der Waals surface area contributed by atoms with Gasteiger partial charge in [-0.2, -0.15) is 0 Å². The molecule has 2 aromatic heterocycles. The summed E-state index contributed by atoms with van der Waals surface area (Å²) in [6.07, 6.45) is 14.3. The lowest BCUT2D eigenvalue weighted by atomic mass is 9.71. The van der Waals surface area contributed by atoms with Gasteiger partial charge in [0.05, 0.1) is 12.2 Å². The van der Waals surface area contributed by atoms with Crippen molar-refractivity contribution < 1.29 is 4.79 Å². The zero-order chi connectivity index (χ0) is 16.4. The number of nitrogens with one attached hydrogen (secondary N) is 1. The Kier molecular flexibility index (Phi) is 4.00. The van der Waals surface area contributed by atoms with E-state index >= 15 is 0 Å². The summed E-state index contributed by atoms with van der Waals surface area (Å²) in [5.41, 5.74) is 2.11. The predicted octanol–water partition coefficient (Wildman–Crippen LogP) is 3.37. The van der Waals surface area contributed by atoms with Gasteiger partial charge in [-0.1, -0.05) is 18.2 Å². The summed E-state index contributed by atoms with van der Waals surface area (Å²) in [5.74, 6) is 0. The van der Waals surface area contributed by atoms with Crippen LogP contribution in [0.1, 0.15) is 37.8 Å². The molecule has 0 aromatic carbocycles. The number of piperidine rings is 1. The second-order valence-corrected chi connectivity index (χ2v) is 7.10. The Balaban J connectivity index is 1.38. The summed E-state index contributed by atoms with van der Waals surface area (Å²) in [5, 5.41) is 3.04. The van der Waals surface area contributed by atoms with Crippen molar-refractivity contribution in [2.75, 3.05) is 13.1 Å². The molecule has 24 heavy (non-hydrogen) atoms. The number of likely N-dealkylation sites (tertiary alicyclic amines) is 1. The highest BCUT2D eigenvalue weighted by Gasteiger charge is 2.36. The van der Waals surface area contributed by atoms with Crippen LogP contribution in [0.5, 0.6) is 0 Å². The highest BCUT2D eigenvalue weighted by Crippen LogP contribution is 2.40. The Morgan fingerprint density at radius 3 is 3.08 bits per heavy atom. The van der Waals surface area contributed by atoms with Crippen LogP contribution in [0.15, 0.2) is 42.7 Å².